The number of likely N-dealkylation sites (tertiary alicyclic amines) is 1. The molecule has 2 aliphatic rings. The fourth-order valence-electron chi connectivity index (χ4n) is 4.99. The van der Waals surface area contributed by atoms with Crippen LogP contribution in [0.25, 0.3) is 0 Å². The number of benzene rings is 1. The summed E-state index contributed by atoms with van der Waals surface area (Å²) in [5.41, 5.74) is 1.20. The van der Waals surface area contributed by atoms with Crippen LogP contribution in [0.4, 0.5) is 0 Å². The maximum Gasteiger partial charge on any atom is 0.230 e. The molecule has 1 saturated carbocycles. The largest absolute Gasteiger partial charge is 0.391 e. The molecule has 1 aromatic rings. The Labute approximate surface area is 158 Å². The summed E-state index contributed by atoms with van der Waals surface area (Å²) in [6.45, 7) is 2.72. The Kier molecular flexibility index (Phi) is 6.36. The van der Waals surface area contributed by atoms with Crippen molar-refractivity contribution in [2.24, 2.45) is 5.92 Å². The number of carbonyl (C=O) groups excluding carboxylic acids is 1. The third-order valence-electron chi connectivity index (χ3n) is 6.74. The highest BCUT2D eigenvalue weighted by Gasteiger charge is 2.38. The quantitative estimate of drug-likeness (QED) is 0.793. The number of nitrogens with zero attached hydrogens (tertiary/aromatic N) is 2. The van der Waals surface area contributed by atoms with Gasteiger partial charge in [-0.05, 0) is 24.3 Å². The molecular formula is C22H35N2O2+. The second-order valence-electron chi connectivity index (χ2n) is 8.72. The second kappa shape index (κ2) is 8.53. The van der Waals surface area contributed by atoms with E-state index in [0.29, 0.717) is 17.9 Å². The van der Waals surface area contributed by atoms with Crippen LogP contribution in [0.5, 0.6) is 0 Å². The van der Waals surface area contributed by atoms with E-state index in [1.165, 1.54) is 31.2 Å². The van der Waals surface area contributed by atoms with E-state index < -0.39 is 0 Å². The van der Waals surface area contributed by atoms with Crippen molar-refractivity contribution >= 4 is 5.91 Å². The Hall–Kier alpha value is -1.39. The molecule has 1 heterocycles. The maximum absolute atomic E-state index is 13.4. The minimum atomic E-state index is 0.0372. The molecule has 1 aliphatic heterocycles. The van der Waals surface area contributed by atoms with E-state index in [0.717, 1.165) is 37.0 Å². The highest BCUT2D eigenvalue weighted by molar-refractivity contribution is 5.84. The van der Waals surface area contributed by atoms with Gasteiger partial charge in [0.1, 0.15) is 6.54 Å². The van der Waals surface area contributed by atoms with Crippen molar-refractivity contribution in [2.75, 3.05) is 40.3 Å². The zero-order chi connectivity index (χ0) is 18.6. The molecule has 2 fully saturated rings. The number of hydrogen-bond acceptors (Lipinski definition) is 2. The van der Waals surface area contributed by atoms with E-state index in [2.05, 4.69) is 43.3 Å². The van der Waals surface area contributed by atoms with Crippen LogP contribution >= 0.6 is 0 Å². The topological polar surface area (TPSA) is 40.5 Å². The first-order valence-corrected chi connectivity index (χ1v) is 10.3. The predicted octanol–water partition coefficient (Wildman–Crippen LogP) is 3.02. The Morgan fingerprint density at radius 3 is 2.31 bits per heavy atom. The van der Waals surface area contributed by atoms with Gasteiger partial charge in [-0.2, -0.15) is 0 Å². The molecule has 26 heavy (non-hydrogen) atoms. The first-order valence-electron chi connectivity index (χ1n) is 10.3. The molecule has 0 aromatic heterocycles. The maximum atomic E-state index is 13.4. The summed E-state index contributed by atoms with van der Waals surface area (Å²) in [6, 6.07) is 11.0. The smallest absolute Gasteiger partial charge is 0.230 e. The van der Waals surface area contributed by atoms with Crippen molar-refractivity contribution in [3.8, 4) is 0 Å². The first kappa shape index (κ1) is 19.4. The van der Waals surface area contributed by atoms with Crippen molar-refractivity contribution < 1.29 is 14.4 Å². The minimum absolute atomic E-state index is 0.0372. The molecule has 3 rings (SSSR count). The van der Waals surface area contributed by atoms with Crippen LogP contribution in [0.1, 0.15) is 50.0 Å². The number of hydrogen-bond donors (Lipinski definition) is 1. The molecule has 144 valence electrons. The molecule has 1 saturated heterocycles. The molecule has 1 atom stereocenters. The van der Waals surface area contributed by atoms with Crippen LogP contribution < -0.4 is 0 Å². The van der Waals surface area contributed by atoms with Gasteiger partial charge in [0.25, 0.3) is 0 Å². The number of aliphatic hydroxyl groups is 1. The van der Waals surface area contributed by atoms with Crippen molar-refractivity contribution in [2.45, 2.75) is 50.5 Å². The summed E-state index contributed by atoms with van der Waals surface area (Å²) in [4.78, 5) is 15.6. The van der Waals surface area contributed by atoms with Crippen molar-refractivity contribution in [3.63, 3.8) is 0 Å². The molecule has 1 aliphatic carbocycles. The molecule has 4 heteroatoms. The van der Waals surface area contributed by atoms with Crippen LogP contribution in [0.3, 0.4) is 0 Å². The molecule has 1 unspecified atom stereocenters. The van der Waals surface area contributed by atoms with E-state index in [1.54, 1.807) is 0 Å². The highest BCUT2D eigenvalue weighted by Crippen LogP contribution is 2.39. The first-order chi connectivity index (χ1) is 12.5. The van der Waals surface area contributed by atoms with E-state index >= 15 is 0 Å². The number of amides is 1. The van der Waals surface area contributed by atoms with Gasteiger partial charge in [0, 0.05) is 25.9 Å². The lowest BCUT2D eigenvalue weighted by molar-refractivity contribution is -0.916. The van der Waals surface area contributed by atoms with Crippen molar-refractivity contribution in [1.82, 2.24) is 4.90 Å². The van der Waals surface area contributed by atoms with E-state index in [-0.39, 0.29) is 12.5 Å². The number of likely N-dealkylation sites (N-methyl/N-ethyl adjacent to an activating group) is 1. The molecule has 1 aromatic carbocycles. The standard InChI is InChI=1S/C22H35N2O2/c1-24(2,16-17-25)20-12-14-23(15-13-20)22(26)21(19-10-6-7-11-19)18-8-4-3-5-9-18/h3-5,8-9,19-21,25H,6-7,10-17H2,1-2H3/q+1. The van der Waals surface area contributed by atoms with Gasteiger partial charge >= 0.3 is 0 Å². The number of quaternary nitrogens is 1. The molecule has 0 radical (unpaired) electrons. The molecule has 0 spiro atoms. The Morgan fingerprint density at radius 2 is 1.73 bits per heavy atom. The number of aliphatic hydroxyl groups excluding tert-OH is 1. The molecular weight excluding hydrogens is 324 g/mol. The summed E-state index contributed by atoms with van der Waals surface area (Å²) in [5, 5.41) is 9.31. The van der Waals surface area contributed by atoms with E-state index in [9.17, 15) is 9.90 Å². The SMILES string of the molecule is C[N+](C)(CCO)C1CCN(C(=O)C(c2ccccc2)C2CCCC2)CC1. The van der Waals surface area contributed by atoms with Crippen LogP contribution in [0, 0.1) is 5.92 Å². The van der Waals surface area contributed by atoms with E-state index in [4.69, 9.17) is 0 Å². The lowest BCUT2D eigenvalue weighted by Crippen LogP contribution is -2.56. The highest BCUT2D eigenvalue weighted by atomic mass is 16.3. The van der Waals surface area contributed by atoms with Gasteiger partial charge in [-0.25, -0.2) is 0 Å². The normalized spacial score (nSPS) is 21.1. The number of rotatable bonds is 6. The summed E-state index contributed by atoms with van der Waals surface area (Å²) < 4.78 is 0.850. The summed E-state index contributed by atoms with van der Waals surface area (Å²) in [5.74, 6) is 0.883. The van der Waals surface area contributed by atoms with Gasteiger partial charge in [0.2, 0.25) is 5.91 Å². The van der Waals surface area contributed by atoms with Gasteiger partial charge < -0.3 is 14.5 Å². The summed E-state index contributed by atoms with van der Waals surface area (Å²) in [6.07, 6.45) is 6.95. The van der Waals surface area contributed by atoms with Gasteiger partial charge in [-0.1, -0.05) is 43.2 Å². The summed E-state index contributed by atoms with van der Waals surface area (Å²) >= 11 is 0. The fraction of sp³-hybridized carbons (Fsp3) is 0.682. The third kappa shape index (κ3) is 4.29. The van der Waals surface area contributed by atoms with Crippen LogP contribution in [-0.2, 0) is 4.79 Å². The Balaban J connectivity index is 1.69. The average Bonchev–Trinajstić information content (AvgIpc) is 3.17. The molecule has 1 N–H and O–H groups in total. The zero-order valence-corrected chi connectivity index (χ0v) is 16.4. The van der Waals surface area contributed by atoms with Gasteiger partial charge in [0.15, 0.2) is 0 Å². The third-order valence-corrected chi connectivity index (χ3v) is 6.74. The van der Waals surface area contributed by atoms with Crippen molar-refractivity contribution in [1.29, 1.82) is 0 Å². The molecule has 1 amide bonds. The minimum Gasteiger partial charge on any atom is -0.391 e. The second-order valence-corrected chi connectivity index (χ2v) is 8.72. The van der Waals surface area contributed by atoms with E-state index in [1.807, 2.05) is 6.07 Å². The van der Waals surface area contributed by atoms with Gasteiger partial charge in [-0.3, -0.25) is 4.79 Å². The van der Waals surface area contributed by atoms with Crippen LogP contribution in [0.2, 0.25) is 0 Å². The molecule has 4 nitrogen and oxygen atoms in total. The van der Waals surface area contributed by atoms with Crippen LogP contribution in [0.15, 0.2) is 30.3 Å². The lowest BCUT2D eigenvalue weighted by atomic mass is 9.83. The zero-order valence-electron chi connectivity index (χ0n) is 16.4. The number of piperidine rings is 1. The Morgan fingerprint density at radius 1 is 1.12 bits per heavy atom. The summed E-state index contributed by atoms with van der Waals surface area (Å²) in [7, 11) is 4.40. The predicted molar refractivity (Wildman–Crippen MR) is 105 cm³/mol. The lowest BCUT2D eigenvalue weighted by Gasteiger charge is -2.43. The molecule has 0 bridgehead atoms. The van der Waals surface area contributed by atoms with Gasteiger partial charge in [-0.15, -0.1) is 0 Å². The Bertz CT molecular complexity index is 573. The average molecular weight is 360 g/mol. The van der Waals surface area contributed by atoms with Crippen molar-refractivity contribution in [3.05, 3.63) is 35.9 Å². The monoisotopic (exact) mass is 359 g/mol. The number of carbonyl (C=O) groups is 1. The van der Waals surface area contributed by atoms with Crippen LogP contribution in [-0.4, -0.2) is 66.8 Å². The van der Waals surface area contributed by atoms with Gasteiger partial charge in [0.05, 0.1) is 32.7 Å². The fourth-order valence-corrected chi connectivity index (χ4v) is 4.99.